The second-order valence-corrected chi connectivity index (χ2v) is 6.03. The van der Waals surface area contributed by atoms with Crippen molar-refractivity contribution in [1.82, 2.24) is 15.1 Å². The van der Waals surface area contributed by atoms with E-state index in [1.54, 1.807) is 0 Å². The maximum atomic E-state index is 4.45. The summed E-state index contributed by atoms with van der Waals surface area (Å²) in [5, 5.41) is 8.10. The molecule has 0 amide bonds. The van der Waals surface area contributed by atoms with E-state index in [0.29, 0.717) is 0 Å². The van der Waals surface area contributed by atoms with Crippen LogP contribution >= 0.6 is 15.9 Å². The lowest BCUT2D eigenvalue weighted by molar-refractivity contribution is 0.528. The zero-order valence-electron chi connectivity index (χ0n) is 13.1. The molecule has 21 heavy (non-hydrogen) atoms. The third-order valence-corrected chi connectivity index (χ3v) is 4.34. The predicted octanol–water partition coefficient (Wildman–Crippen LogP) is 4.32. The normalized spacial score (nSPS) is 12.6. The van der Waals surface area contributed by atoms with E-state index < -0.39 is 0 Å². The third kappa shape index (κ3) is 3.74. The van der Waals surface area contributed by atoms with E-state index in [-0.39, 0.29) is 6.04 Å². The number of nitrogens with one attached hydrogen (secondary N) is 1. The average Bonchev–Trinajstić information content (AvgIpc) is 2.89. The molecule has 1 atom stereocenters. The summed E-state index contributed by atoms with van der Waals surface area (Å²) in [5.74, 6) is 0. The number of aryl methyl sites for hydroxylation is 2. The molecule has 2 rings (SSSR count). The van der Waals surface area contributed by atoms with Crippen LogP contribution in [0.15, 0.2) is 34.9 Å². The Morgan fingerprint density at radius 3 is 2.48 bits per heavy atom. The Balaban J connectivity index is 2.39. The molecule has 1 aromatic heterocycles. The summed E-state index contributed by atoms with van der Waals surface area (Å²) >= 11 is 3.65. The van der Waals surface area contributed by atoms with Crippen molar-refractivity contribution in [3.63, 3.8) is 0 Å². The fraction of sp³-hybridized carbons (Fsp3) is 0.471. The summed E-state index contributed by atoms with van der Waals surface area (Å²) < 4.78 is 3.13. The molecule has 1 heterocycles. The number of nitrogens with zero attached hydrogens (tertiary/aromatic N) is 2. The largest absolute Gasteiger partial charge is 0.305 e. The molecular weight excluding hydrogens is 326 g/mol. The lowest BCUT2D eigenvalue weighted by Gasteiger charge is -2.21. The quantitative estimate of drug-likeness (QED) is 0.806. The molecule has 0 fully saturated rings. The maximum absolute atomic E-state index is 4.45. The molecule has 2 aromatic rings. The van der Waals surface area contributed by atoms with Crippen molar-refractivity contribution in [2.45, 2.75) is 46.2 Å². The van der Waals surface area contributed by atoms with Gasteiger partial charge in [0.2, 0.25) is 0 Å². The van der Waals surface area contributed by atoms with Gasteiger partial charge in [0.1, 0.15) is 0 Å². The minimum absolute atomic E-state index is 0.174. The van der Waals surface area contributed by atoms with Gasteiger partial charge in [0.05, 0.1) is 22.4 Å². The molecule has 114 valence electrons. The van der Waals surface area contributed by atoms with Crippen LogP contribution in [0, 0.1) is 0 Å². The molecule has 0 spiro atoms. The smallest absolute Gasteiger partial charge is 0.0759 e. The van der Waals surface area contributed by atoms with E-state index in [1.165, 1.54) is 16.8 Å². The highest BCUT2D eigenvalue weighted by molar-refractivity contribution is 9.10. The number of aromatic nitrogens is 2. The number of benzene rings is 1. The van der Waals surface area contributed by atoms with Crippen LogP contribution in [0.2, 0.25) is 0 Å². The van der Waals surface area contributed by atoms with Crippen LogP contribution in [0.4, 0.5) is 0 Å². The van der Waals surface area contributed by atoms with Gasteiger partial charge < -0.3 is 5.32 Å². The standard InChI is InChI=1S/C17H24BrN3/c1-4-11-19-16(14-9-7-13(5-2)8-10-14)17-15(18)12-20-21(17)6-3/h7-10,12,16,19H,4-6,11H2,1-3H3. The van der Waals surface area contributed by atoms with Gasteiger partial charge in [0.25, 0.3) is 0 Å². The van der Waals surface area contributed by atoms with Gasteiger partial charge >= 0.3 is 0 Å². The van der Waals surface area contributed by atoms with E-state index in [1.807, 2.05) is 6.20 Å². The molecular formula is C17H24BrN3. The molecule has 3 nitrogen and oxygen atoms in total. The number of hydrogen-bond donors (Lipinski definition) is 1. The maximum Gasteiger partial charge on any atom is 0.0759 e. The van der Waals surface area contributed by atoms with E-state index in [2.05, 4.69) is 76.1 Å². The first-order chi connectivity index (χ1) is 10.2. The highest BCUT2D eigenvalue weighted by Gasteiger charge is 2.20. The third-order valence-electron chi connectivity index (χ3n) is 3.73. The van der Waals surface area contributed by atoms with E-state index in [0.717, 1.165) is 30.4 Å². The van der Waals surface area contributed by atoms with Crippen molar-refractivity contribution in [3.8, 4) is 0 Å². The van der Waals surface area contributed by atoms with Gasteiger partial charge in [0.15, 0.2) is 0 Å². The SMILES string of the molecule is CCCNC(c1ccc(CC)cc1)c1c(Br)cnn1CC. The first kappa shape index (κ1) is 16.2. The van der Waals surface area contributed by atoms with Gasteiger partial charge in [-0.05, 0) is 53.4 Å². The average molecular weight is 350 g/mol. The van der Waals surface area contributed by atoms with Crippen LogP contribution in [0.1, 0.15) is 50.1 Å². The van der Waals surface area contributed by atoms with Gasteiger partial charge in [-0.15, -0.1) is 0 Å². The summed E-state index contributed by atoms with van der Waals surface area (Å²) in [5.41, 5.74) is 3.86. The monoisotopic (exact) mass is 349 g/mol. The van der Waals surface area contributed by atoms with Crippen LogP contribution in [0.25, 0.3) is 0 Å². The Labute approximate surface area is 135 Å². The molecule has 0 aliphatic rings. The Morgan fingerprint density at radius 1 is 1.19 bits per heavy atom. The van der Waals surface area contributed by atoms with Crippen molar-refractivity contribution < 1.29 is 0 Å². The lowest BCUT2D eigenvalue weighted by Crippen LogP contribution is -2.26. The van der Waals surface area contributed by atoms with Crippen LogP contribution in [0.5, 0.6) is 0 Å². The second-order valence-electron chi connectivity index (χ2n) is 5.18. The highest BCUT2D eigenvalue weighted by Crippen LogP contribution is 2.29. The molecule has 0 saturated heterocycles. The van der Waals surface area contributed by atoms with Gasteiger partial charge in [-0.3, -0.25) is 4.68 Å². The Bertz CT molecular complexity index is 560. The summed E-state index contributed by atoms with van der Waals surface area (Å²) in [6, 6.07) is 9.07. The molecule has 0 radical (unpaired) electrons. The van der Waals surface area contributed by atoms with Crippen LogP contribution < -0.4 is 5.32 Å². The van der Waals surface area contributed by atoms with Gasteiger partial charge in [-0.2, -0.15) is 5.10 Å². The van der Waals surface area contributed by atoms with Crippen molar-refractivity contribution >= 4 is 15.9 Å². The first-order valence-corrected chi connectivity index (χ1v) is 8.53. The molecule has 1 unspecified atom stereocenters. The summed E-state index contributed by atoms with van der Waals surface area (Å²) in [4.78, 5) is 0. The number of hydrogen-bond acceptors (Lipinski definition) is 2. The Kier molecular flexibility index (Phi) is 6.00. The van der Waals surface area contributed by atoms with Crippen LogP contribution in [-0.4, -0.2) is 16.3 Å². The predicted molar refractivity (Wildman–Crippen MR) is 91.6 cm³/mol. The fourth-order valence-corrected chi connectivity index (χ4v) is 3.04. The molecule has 0 bridgehead atoms. The summed E-state index contributed by atoms with van der Waals surface area (Å²) in [6.45, 7) is 8.36. The lowest BCUT2D eigenvalue weighted by atomic mass is 10.0. The molecule has 1 N–H and O–H groups in total. The zero-order chi connectivity index (χ0) is 15.2. The van der Waals surface area contributed by atoms with Gasteiger partial charge in [0, 0.05) is 6.54 Å². The van der Waals surface area contributed by atoms with Crippen molar-refractivity contribution in [2.75, 3.05) is 6.54 Å². The minimum atomic E-state index is 0.174. The summed E-state index contributed by atoms with van der Waals surface area (Å²) in [7, 11) is 0. The minimum Gasteiger partial charge on any atom is -0.305 e. The van der Waals surface area contributed by atoms with Crippen molar-refractivity contribution in [1.29, 1.82) is 0 Å². The first-order valence-electron chi connectivity index (χ1n) is 7.74. The topological polar surface area (TPSA) is 29.9 Å². The number of halogens is 1. The van der Waals surface area contributed by atoms with E-state index >= 15 is 0 Å². The van der Waals surface area contributed by atoms with E-state index in [9.17, 15) is 0 Å². The molecule has 1 aromatic carbocycles. The number of rotatable bonds is 7. The van der Waals surface area contributed by atoms with Gasteiger partial charge in [-0.25, -0.2) is 0 Å². The van der Waals surface area contributed by atoms with Crippen LogP contribution in [-0.2, 0) is 13.0 Å². The van der Waals surface area contributed by atoms with Crippen molar-refractivity contribution in [3.05, 3.63) is 51.8 Å². The van der Waals surface area contributed by atoms with Crippen molar-refractivity contribution in [2.24, 2.45) is 0 Å². The Morgan fingerprint density at radius 2 is 1.90 bits per heavy atom. The molecule has 0 aliphatic heterocycles. The fourth-order valence-electron chi connectivity index (χ4n) is 2.52. The van der Waals surface area contributed by atoms with E-state index in [4.69, 9.17) is 0 Å². The summed E-state index contributed by atoms with van der Waals surface area (Å²) in [6.07, 6.45) is 4.07. The second kappa shape index (κ2) is 7.76. The highest BCUT2D eigenvalue weighted by atomic mass is 79.9. The van der Waals surface area contributed by atoms with Gasteiger partial charge in [-0.1, -0.05) is 38.1 Å². The molecule has 0 aliphatic carbocycles. The molecule has 4 heteroatoms. The Hall–Kier alpha value is -1.13. The molecule has 0 saturated carbocycles. The van der Waals surface area contributed by atoms with Crippen LogP contribution in [0.3, 0.4) is 0 Å². The zero-order valence-corrected chi connectivity index (χ0v) is 14.7.